The molecule has 0 bridgehead atoms. The molecule has 1 atom stereocenters. The van der Waals surface area contributed by atoms with Crippen LogP contribution in [0, 0.1) is 0 Å². The van der Waals surface area contributed by atoms with Crippen LogP contribution in [0.3, 0.4) is 0 Å². The number of benzene rings is 2. The zero-order valence-electron chi connectivity index (χ0n) is 15.6. The molecule has 0 aliphatic carbocycles. The molecule has 1 N–H and O–H groups in total. The molecule has 6 nitrogen and oxygen atoms in total. The molecule has 0 spiro atoms. The number of carbonyl (C=O) groups is 2. The fourth-order valence-electron chi connectivity index (χ4n) is 3.02. The summed E-state index contributed by atoms with van der Waals surface area (Å²) in [5.74, 6) is 0.385. The molecule has 1 aliphatic rings. The van der Waals surface area contributed by atoms with Gasteiger partial charge in [0.2, 0.25) is 0 Å². The molecular weight excluding hydrogens is 344 g/mol. The quantitative estimate of drug-likeness (QED) is 0.851. The monoisotopic (exact) mass is 368 g/mol. The van der Waals surface area contributed by atoms with Crippen molar-refractivity contribution in [2.45, 2.75) is 19.5 Å². The first-order chi connectivity index (χ1) is 13.1. The average molecular weight is 368 g/mol. The molecule has 2 aromatic rings. The lowest BCUT2D eigenvalue weighted by Crippen LogP contribution is -2.34. The summed E-state index contributed by atoms with van der Waals surface area (Å²) in [5, 5.41) is 3.01. The first-order valence-corrected chi connectivity index (χ1v) is 8.96. The summed E-state index contributed by atoms with van der Waals surface area (Å²) in [5.41, 5.74) is 2.40. The van der Waals surface area contributed by atoms with Gasteiger partial charge in [0, 0.05) is 31.3 Å². The van der Waals surface area contributed by atoms with Gasteiger partial charge >= 0.3 is 0 Å². The molecule has 1 heterocycles. The lowest BCUT2D eigenvalue weighted by atomic mass is 10.1. The fourth-order valence-corrected chi connectivity index (χ4v) is 3.02. The lowest BCUT2D eigenvalue weighted by Gasteiger charge is -2.19. The second kappa shape index (κ2) is 8.68. The minimum Gasteiger partial charge on any atom is -0.483 e. The number of hydrogen-bond acceptors (Lipinski definition) is 4. The molecule has 142 valence electrons. The van der Waals surface area contributed by atoms with Crippen molar-refractivity contribution in [3.8, 4) is 5.75 Å². The summed E-state index contributed by atoms with van der Waals surface area (Å²) in [6.45, 7) is 3.28. The van der Waals surface area contributed by atoms with E-state index in [0.717, 1.165) is 11.1 Å². The Morgan fingerprint density at radius 3 is 2.78 bits per heavy atom. The van der Waals surface area contributed by atoms with E-state index < -0.39 is 0 Å². The van der Waals surface area contributed by atoms with Gasteiger partial charge in [-0.25, -0.2) is 0 Å². The summed E-state index contributed by atoms with van der Waals surface area (Å²) >= 11 is 0. The molecular formula is C21H24N2O4. The van der Waals surface area contributed by atoms with E-state index in [0.29, 0.717) is 31.0 Å². The van der Waals surface area contributed by atoms with Crippen molar-refractivity contribution in [1.82, 2.24) is 10.2 Å². The van der Waals surface area contributed by atoms with Crippen LogP contribution in [0.5, 0.6) is 5.75 Å². The highest BCUT2D eigenvalue weighted by Gasteiger charge is 2.22. The Bertz CT molecular complexity index is 807. The van der Waals surface area contributed by atoms with Gasteiger partial charge in [-0.15, -0.1) is 0 Å². The van der Waals surface area contributed by atoms with E-state index in [1.54, 1.807) is 30.2 Å². The third-order valence-electron chi connectivity index (χ3n) is 4.60. The van der Waals surface area contributed by atoms with E-state index in [9.17, 15) is 9.59 Å². The SMILES string of the molecule is COCCN1Cc2cc(C(=O)N[C@H](C)c3ccccc3)ccc2OCC1=O. The van der Waals surface area contributed by atoms with Crippen molar-refractivity contribution in [3.05, 3.63) is 65.2 Å². The van der Waals surface area contributed by atoms with Crippen LogP contribution >= 0.6 is 0 Å². The number of methoxy groups -OCH3 is 1. The zero-order valence-corrected chi connectivity index (χ0v) is 15.6. The van der Waals surface area contributed by atoms with Crippen molar-refractivity contribution in [2.75, 3.05) is 26.9 Å². The summed E-state index contributed by atoms with van der Waals surface area (Å²) in [4.78, 5) is 26.5. The molecule has 0 fully saturated rings. The lowest BCUT2D eigenvalue weighted by molar-refractivity contribution is -0.133. The zero-order chi connectivity index (χ0) is 19.2. The third kappa shape index (κ3) is 4.65. The van der Waals surface area contributed by atoms with Crippen molar-refractivity contribution in [1.29, 1.82) is 0 Å². The highest BCUT2D eigenvalue weighted by Crippen LogP contribution is 2.25. The van der Waals surface area contributed by atoms with E-state index in [-0.39, 0.29) is 24.5 Å². The van der Waals surface area contributed by atoms with Gasteiger partial charge in [-0.3, -0.25) is 9.59 Å². The van der Waals surface area contributed by atoms with E-state index in [4.69, 9.17) is 9.47 Å². The van der Waals surface area contributed by atoms with Crippen LogP contribution in [-0.2, 0) is 16.1 Å². The standard InChI is InChI=1S/C21H24N2O4/c1-15(16-6-4-3-5-7-16)22-21(25)17-8-9-19-18(12-17)13-23(10-11-26-2)20(24)14-27-19/h3-9,12,15H,10-11,13-14H2,1-2H3,(H,22,25)/t15-/m1/s1. The predicted octanol–water partition coefficient (Wildman–Crippen LogP) is 2.55. The molecule has 6 heteroatoms. The normalized spacial score (nSPS) is 14.7. The van der Waals surface area contributed by atoms with Gasteiger partial charge in [-0.1, -0.05) is 30.3 Å². The Morgan fingerprint density at radius 1 is 1.26 bits per heavy atom. The third-order valence-corrected chi connectivity index (χ3v) is 4.60. The molecule has 0 unspecified atom stereocenters. The molecule has 1 aliphatic heterocycles. The molecule has 2 aromatic carbocycles. The number of nitrogens with zero attached hydrogens (tertiary/aromatic N) is 1. The maximum absolute atomic E-state index is 12.7. The Kier molecular flexibility index (Phi) is 6.08. The van der Waals surface area contributed by atoms with Gasteiger partial charge in [0.25, 0.3) is 11.8 Å². The maximum atomic E-state index is 12.7. The number of hydrogen-bond donors (Lipinski definition) is 1. The number of fused-ring (bicyclic) bond motifs is 1. The Balaban J connectivity index is 1.74. The van der Waals surface area contributed by atoms with Crippen LogP contribution in [0.15, 0.2) is 48.5 Å². The van der Waals surface area contributed by atoms with Crippen molar-refractivity contribution >= 4 is 11.8 Å². The van der Waals surface area contributed by atoms with E-state index >= 15 is 0 Å². The van der Waals surface area contributed by atoms with Crippen LogP contribution in [0.2, 0.25) is 0 Å². The molecule has 0 aromatic heterocycles. The van der Waals surface area contributed by atoms with Crippen LogP contribution in [-0.4, -0.2) is 43.6 Å². The van der Waals surface area contributed by atoms with Crippen LogP contribution in [0.25, 0.3) is 0 Å². The highest BCUT2D eigenvalue weighted by atomic mass is 16.5. The smallest absolute Gasteiger partial charge is 0.260 e. The number of ether oxygens (including phenoxy) is 2. The number of rotatable bonds is 6. The molecule has 3 rings (SSSR count). The summed E-state index contributed by atoms with van der Waals surface area (Å²) in [6, 6.07) is 15.0. The Hall–Kier alpha value is -2.86. The largest absolute Gasteiger partial charge is 0.483 e. The topological polar surface area (TPSA) is 67.9 Å². The van der Waals surface area contributed by atoms with Gasteiger partial charge in [-0.2, -0.15) is 0 Å². The van der Waals surface area contributed by atoms with Gasteiger partial charge in [-0.05, 0) is 30.7 Å². The summed E-state index contributed by atoms with van der Waals surface area (Å²) in [7, 11) is 1.60. The van der Waals surface area contributed by atoms with E-state index in [2.05, 4.69) is 5.32 Å². The average Bonchev–Trinajstić information content (AvgIpc) is 2.85. The number of nitrogens with one attached hydrogen (secondary N) is 1. The summed E-state index contributed by atoms with van der Waals surface area (Å²) < 4.78 is 10.7. The number of amides is 2. The molecule has 2 amide bonds. The van der Waals surface area contributed by atoms with Crippen molar-refractivity contribution in [2.24, 2.45) is 0 Å². The van der Waals surface area contributed by atoms with Crippen LogP contribution in [0.4, 0.5) is 0 Å². The second-order valence-corrected chi connectivity index (χ2v) is 6.53. The van der Waals surface area contributed by atoms with Crippen LogP contribution < -0.4 is 10.1 Å². The number of carbonyl (C=O) groups excluding carboxylic acids is 2. The molecule has 0 radical (unpaired) electrons. The van der Waals surface area contributed by atoms with Crippen molar-refractivity contribution in [3.63, 3.8) is 0 Å². The van der Waals surface area contributed by atoms with Gasteiger partial charge in [0.05, 0.1) is 12.6 Å². The Morgan fingerprint density at radius 2 is 2.04 bits per heavy atom. The molecule has 0 saturated carbocycles. The Labute approximate surface area is 159 Å². The minimum atomic E-state index is -0.159. The van der Waals surface area contributed by atoms with Crippen LogP contribution in [0.1, 0.15) is 34.5 Å². The van der Waals surface area contributed by atoms with Gasteiger partial charge in [0.1, 0.15) is 5.75 Å². The first-order valence-electron chi connectivity index (χ1n) is 8.96. The molecule has 27 heavy (non-hydrogen) atoms. The predicted molar refractivity (Wildman–Crippen MR) is 102 cm³/mol. The molecule has 0 saturated heterocycles. The maximum Gasteiger partial charge on any atom is 0.260 e. The first kappa shape index (κ1) is 18.9. The van der Waals surface area contributed by atoms with Crippen molar-refractivity contribution < 1.29 is 19.1 Å². The minimum absolute atomic E-state index is 0.00665. The highest BCUT2D eigenvalue weighted by molar-refractivity contribution is 5.95. The van der Waals surface area contributed by atoms with E-state index in [1.807, 2.05) is 37.3 Å². The van der Waals surface area contributed by atoms with Gasteiger partial charge < -0.3 is 19.7 Å². The van der Waals surface area contributed by atoms with E-state index in [1.165, 1.54) is 0 Å². The summed E-state index contributed by atoms with van der Waals surface area (Å²) in [6.07, 6.45) is 0. The van der Waals surface area contributed by atoms with Gasteiger partial charge in [0.15, 0.2) is 6.61 Å². The second-order valence-electron chi connectivity index (χ2n) is 6.53. The fraction of sp³-hybridized carbons (Fsp3) is 0.333.